The smallest absolute Gasteiger partial charge is 0.342 e. The summed E-state index contributed by atoms with van der Waals surface area (Å²) in [5.74, 6) is 0.596. The molecular formula is C17H22O4. The lowest BCUT2D eigenvalue weighted by Crippen LogP contribution is -2.25. The highest BCUT2D eigenvalue weighted by Gasteiger charge is 2.23. The molecule has 0 radical (unpaired) electrons. The third kappa shape index (κ3) is 4.31. The van der Waals surface area contributed by atoms with Crippen LogP contribution in [0.3, 0.4) is 0 Å². The van der Waals surface area contributed by atoms with Crippen molar-refractivity contribution in [2.45, 2.75) is 45.6 Å². The summed E-state index contributed by atoms with van der Waals surface area (Å²) in [6, 6.07) is 4.84. The third-order valence-electron chi connectivity index (χ3n) is 3.46. The molecule has 1 saturated carbocycles. The van der Waals surface area contributed by atoms with Crippen molar-refractivity contribution in [3.05, 3.63) is 29.3 Å². The summed E-state index contributed by atoms with van der Waals surface area (Å²) in [5, 5.41) is 0. The Kier molecular flexibility index (Phi) is 4.66. The topological polar surface area (TPSA) is 52.6 Å². The van der Waals surface area contributed by atoms with Crippen LogP contribution in [-0.2, 0) is 4.74 Å². The van der Waals surface area contributed by atoms with E-state index >= 15 is 0 Å². The molecule has 2 rings (SSSR count). The Morgan fingerprint density at radius 3 is 2.57 bits per heavy atom. The quantitative estimate of drug-likeness (QED) is 0.614. The molecule has 0 saturated heterocycles. The summed E-state index contributed by atoms with van der Waals surface area (Å²) in [7, 11) is 0. The van der Waals surface area contributed by atoms with Crippen LogP contribution in [0.2, 0.25) is 0 Å². The van der Waals surface area contributed by atoms with Crippen LogP contribution in [0.1, 0.15) is 60.7 Å². The normalized spacial score (nSPS) is 15.2. The molecule has 21 heavy (non-hydrogen) atoms. The first-order valence-corrected chi connectivity index (χ1v) is 7.34. The first-order valence-electron chi connectivity index (χ1n) is 7.34. The van der Waals surface area contributed by atoms with E-state index in [1.165, 1.54) is 25.3 Å². The Morgan fingerprint density at radius 2 is 2.05 bits per heavy atom. The highest BCUT2D eigenvalue weighted by Crippen LogP contribution is 2.29. The molecule has 1 aliphatic carbocycles. The molecule has 0 aliphatic heterocycles. The second-order valence-corrected chi connectivity index (χ2v) is 6.48. The van der Waals surface area contributed by atoms with E-state index in [1.807, 2.05) is 20.8 Å². The van der Waals surface area contributed by atoms with Gasteiger partial charge in [-0.05, 0) is 57.7 Å². The second-order valence-electron chi connectivity index (χ2n) is 6.48. The van der Waals surface area contributed by atoms with E-state index in [-0.39, 0.29) is 0 Å². The zero-order chi connectivity index (χ0) is 15.5. The molecule has 0 aromatic heterocycles. The highest BCUT2D eigenvalue weighted by atomic mass is 16.6. The lowest BCUT2D eigenvalue weighted by molar-refractivity contribution is 0.00647. The summed E-state index contributed by atoms with van der Waals surface area (Å²) in [4.78, 5) is 23.2. The summed E-state index contributed by atoms with van der Waals surface area (Å²) in [6.45, 7) is 6.03. The zero-order valence-corrected chi connectivity index (χ0v) is 12.8. The highest BCUT2D eigenvalue weighted by molar-refractivity contribution is 5.94. The van der Waals surface area contributed by atoms with Crippen molar-refractivity contribution in [1.82, 2.24) is 0 Å². The molecule has 0 spiro atoms. The number of carbonyl (C=O) groups excluding carboxylic acids is 2. The lowest BCUT2D eigenvalue weighted by atomic mass is 9.86. The molecule has 1 aromatic carbocycles. The van der Waals surface area contributed by atoms with Crippen LogP contribution >= 0.6 is 0 Å². The van der Waals surface area contributed by atoms with Gasteiger partial charge in [-0.1, -0.05) is 6.42 Å². The fraction of sp³-hybridized carbons (Fsp3) is 0.529. The minimum absolute atomic E-state index is 0.314. The van der Waals surface area contributed by atoms with Crippen LogP contribution in [0, 0.1) is 5.92 Å². The fourth-order valence-corrected chi connectivity index (χ4v) is 2.11. The van der Waals surface area contributed by atoms with Crippen molar-refractivity contribution in [2.75, 3.05) is 6.61 Å². The van der Waals surface area contributed by atoms with Crippen molar-refractivity contribution in [3.8, 4) is 5.75 Å². The van der Waals surface area contributed by atoms with Crippen molar-refractivity contribution < 1.29 is 19.1 Å². The van der Waals surface area contributed by atoms with Gasteiger partial charge in [0.05, 0.1) is 6.61 Å². The first-order chi connectivity index (χ1) is 9.89. The van der Waals surface area contributed by atoms with Gasteiger partial charge in [0.2, 0.25) is 0 Å². The maximum Gasteiger partial charge on any atom is 0.342 e. The first kappa shape index (κ1) is 15.5. The Labute approximate surface area is 125 Å². The predicted octanol–water partition coefficient (Wildman–Crippen LogP) is 3.63. The van der Waals surface area contributed by atoms with E-state index in [0.29, 0.717) is 35.7 Å². The molecular weight excluding hydrogens is 268 g/mol. The molecule has 4 nitrogen and oxygen atoms in total. The van der Waals surface area contributed by atoms with Crippen LogP contribution in [0.15, 0.2) is 18.2 Å². The molecule has 4 heteroatoms. The second kappa shape index (κ2) is 6.29. The van der Waals surface area contributed by atoms with Crippen LogP contribution in [0.5, 0.6) is 5.75 Å². The van der Waals surface area contributed by atoms with Crippen LogP contribution in [-0.4, -0.2) is 24.5 Å². The third-order valence-corrected chi connectivity index (χ3v) is 3.46. The average molecular weight is 290 g/mol. The van der Waals surface area contributed by atoms with Gasteiger partial charge in [0, 0.05) is 5.56 Å². The van der Waals surface area contributed by atoms with Crippen LogP contribution in [0.4, 0.5) is 0 Å². The van der Waals surface area contributed by atoms with E-state index in [1.54, 1.807) is 12.1 Å². The van der Waals surface area contributed by atoms with Gasteiger partial charge in [0.15, 0.2) is 0 Å². The molecule has 0 bridgehead atoms. The molecule has 0 heterocycles. The number of rotatable bonds is 5. The number of hydrogen-bond acceptors (Lipinski definition) is 4. The predicted molar refractivity (Wildman–Crippen MR) is 79.8 cm³/mol. The SMILES string of the molecule is CC(C)(C)OC(=O)c1cc(C=O)ccc1OCC1CCC1. The van der Waals surface area contributed by atoms with Gasteiger partial charge >= 0.3 is 5.97 Å². The van der Waals surface area contributed by atoms with Gasteiger partial charge < -0.3 is 9.47 Å². The van der Waals surface area contributed by atoms with Gasteiger partial charge in [0.25, 0.3) is 0 Å². The van der Waals surface area contributed by atoms with Gasteiger partial charge in [-0.3, -0.25) is 4.79 Å². The maximum absolute atomic E-state index is 12.3. The number of hydrogen-bond donors (Lipinski definition) is 0. The Morgan fingerprint density at radius 1 is 1.33 bits per heavy atom. The standard InChI is InChI=1S/C17H22O4/c1-17(2,3)21-16(19)14-9-13(10-18)7-8-15(14)20-11-12-5-4-6-12/h7-10,12H,4-6,11H2,1-3H3. The largest absolute Gasteiger partial charge is 0.492 e. The summed E-state index contributed by atoms with van der Waals surface area (Å²) in [5.41, 5.74) is 0.167. The Hall–Kier alpha value is -1.84. The van der Waals surface area contributed by atoms with E-state index < -0.39 is 11.6 Å². The molecule has 0 atom stereocenters. The number of carbonyl (C=O) groups is 2. The number of benzene rings is 1. The van der Waals surface area contributed by atoms with Crippen molar-refractivity contribution in [3.63, 3.8) is 0 Å². The fourth-order valence-electron chi connectivity index (χ4n) is 2.11. The molecule has 0 N–H and O–H groups in total. The molecule has 1 aromatic rings. The Balaban J connectivity index is 2.17. The van der Waals surface area contributed by atoms with E-state index in [2.05, 4.69) is 0 Å². The number of aldehydes is 1. The molecule has 114 valence electrons. The van der Waals surface area contributed by atoms with E-state index in [4.69, 9.17) is 9.47 Å². The Bertz CT molecular complexity index is 524. The minimum atomic E-state index is -0.584. The van der Waals surface area contributed by atoms with Gasteiger partial charge in [-0.15, -0.1) is 0 Å². The summed E-state index contributed by atoms with van der Waals surface area (Å²) in [6.07, 6.45) is 4.31. The van der Waals surface area contributed by atoms with Gasteiger partial charge in [0.1, 0.15) is 23.2 Å². The van der Waals surface area contributed by atoms with E-state index in [0.717, 1.165) is 0 Å². The molecule has 0 amide bonds. The van der Waals surface area contributed by atoms with E-state index in [9.17, 15) is 9.59 Å². The van der Waals surface area contributed by atoms with Crippen molar-refractivity contribution in [2.24, 2.45) is 5.92 Å². The minimum Gasteiger partial charge on any atom is -0.492 e. The average Bonchev–Trinajstić information content (AvgIpc) is 2.35. The molecule has 1 fully saturated rings. The van der Waals surface area contributed by atoms with Crippen LogP contribution < -0.4 is 4.74 Å². The monoisotopic (exact) mass is 290 g/mol. The summed E-state index contributed by atoms with van der Waals surface area (Å²) >= 11 is 0. The van der Waals surface area contributed by atoms with Crippen molar-refractivity contribution >= 4 is 12.3 Å². The van der Waals surface area contributed by atoms with Gasteiger partial charge in [-0.2, -0.15) is 0 Å². The maximum atomic E-state index is 12.3. The molecule has 1 aliphatic rings. The zero-order valence-electron chi connectivity index (χ0n) is 12.8. The van der Waals surface area contributed by atoms with Gasteiger partial charge in [-0.25, -0.2) is 4.79 Å². The number of ether oxygens (including phenoxy) is 2. The van der Waals surface area contributed by atoms with Crippen LogP contribution in [0.25, 0.3) is 0 Å². The lowest BCUT2D eigenvalue weighted by Gasteiger charge is -2.26. The van der Waals surface area contributed by atoms with Crippen molar-refractivity contribution in [1.29, 1.82) is 0 Å². The number of esters is 1. The molecule has 0 unspecified atom stereocenters. The summed E-state index contributed by atoms with van der Waals surface area (Å²) < 4.78 is 11.1.